The lowest BCUT2D eigenvalue weighted by atomic mass is 10.2. The largest absolute Gasteiger partial charge is 0.465 e. The van der Waals surface area contributed by atoms with Crippen molar-refractivity contribution in [2.24, 2.45) is 7.05 Å². The average molecular weight is 423 g/mol. The van der Waals surface area contributed by atoms with Crippen molar-refractivity contribution in [3.63, 3.8) is 0 Å². The van der Waals surface area contributed by atoms with Crippen molar-refractivity contribution in [2.75, 3.05) is 7.11 Å². The Hall–Kier alpha value is -3.77. The number of rotatable bonds is 5. The molecule has 0 saturated carbocycles. The summed E-state index contributed by atoms with van der Waals surface area (Å²) in [4.78, 5) is 32.4. The SMILES string of the molecule is COC(=O)c1cnn(-c2nccnc2C(C)NC(=O)c2cc(C(F)(F)F)n(C)n2)c1. The first-order valence-electron chi connectivity index (χ1n) is 8.48. The van der Waals surface area contributed by atoms with E-state index in [4.69, 9.17) is 0 Å². The van der Waals surface area contributed by atoms with Gasteiger partial charge in [-0.1, -0.05) is 0 Å². The molecule has 3 aromatic rings. The lowest BCUT2D eigenvalue weighted by Crippen LogP contribution is -2.29. The molecule has 0 spiro atoms. The van der Waals surface area contributed by atoms with Crippen LogP contribution in [-0.2, 0) is 18.0 Å². The summed E-state index contributed by atoms with van der Waals surface area (Å²) in [5.41, 5.74) is -0.988. The van der Waals surface area contributed by atoms with Crippen LogP contribution in [0.4, 0.5) is 13.2 Å². The number of carbonyl (C=O) groups excluding carboxylic acids is 2. The maximum Gasteiger partial charge on any atom is 0.433 e. The minimum Gasteiger partial charge on any atom is -0.465 e. The summed E-state index contributed by atoms with van der Waals surface area (Å²) in [6, 6.07) is -0.0983. The number of ether oxygens (including phenoxy) is 1. The van der Waals surface area contributed by atoms with Crippen molar-refractivity contribution < 1.29 is 27.5 Å². The van der Waals surface area contributed by atoms with Gasteiger partial charge in [0.2, 0.25) is 0 Å². The molecule has 0 radical (unpaired) electrons. The molecule has 3 rings (SSSR count). The van der Waals surface area contributed by atoms with E-state index in [1.54, 1.807) is 6.92 Å². The van der Waals surface area contributed by atoms with Crippen molar-refractivity contribution in [3.8, 4) is 5.82 Å². The summed E-state index contributed by atoms with van der Waals surface area (Å²) in [6.07, 6.45) is 0.791. The van der Waals surface area contributed by atoms with E-state index in [-0.39, 0.29) is 17.1 Å². The van der Waals surface area contributed by atoms with Gasteiger partial charge in [-0.15, -0.1) is 0 Å². The van der Waals surface area contributed by atoms with Gasteiger partial charge in [-0.3, -0.25) is 14.5 Å². The molecule has 158 valence electrons. The number of aryl methyl sites for hydroxylation is 1. The van der Waals surface area contributed by atoms with E-state index in [1.165, 1.54) is 36.6 Å². The summed E-state index contributed by atoms with van der Waals surface area (Å²) >= 11 is 0. The van der Waals surface area contributed by atoms with E-state index < -0.39 is 35.5 Å². The highest BCUT2D eigenvalue weighted by Gasteiger charge is 2.36. The fourth-order valence-electron chi connectivity index (χ4n) is 2.67. The Morgan fingerprint density at radius 3 is 2.57 bits per heavy atom. The van der Waals surface area contributed by atoms with E-state index in [9.17, 15) is 22.8 Å². The smallest absolute Gasteiger partial charge is 0.433 e. The highest BCUT2D eigenvalue weighted by atomic mass is 19.4. The van der Waals surface area contributed by atoms with Crippen LogP contribution in [-0.4, -0.2) is 48.5 Å². The van der Waals surface area contributed by atoms with Crippen molar-refractivity contribution in [1.29, 1.82) is 0 Å². The van der Waals surface area contributed by atoms with E-state index in [2.05, 4.69) is 30.2 Å². The highest BCUT2D eigenvalue weighted by Crippen LogP contribution is 2.29. The molecule has 30 heavy (non-hydrogen) atoms. The Labute approximate surface area is 167 Å². The van der Waals surface area contributed by atoms with Crippen molar-refractivity contribution in [1.82, 2.24) is 34.8 Å². The molecule has 1 atom stereocenters. The van der Waals surface area contributed by atoms with E-state index >= 15 is 0 Å². The third-order valence-electron chi connectivity index (χ3n) is 4.09. The number of methoxy groups -OCH3 is 1. The van der Waals surface area contributed by atoms with Gasteiger partial charge >= 0.3 is 12.1 Å². The monoisotopic (exact) mass is 423 g/mol. The van der Waals surface area contributed by atoms with Gasteiger partial charge in [-0.2, -0.15) is 23.4 Å². The van der Waals surface area contributed by atoms with Crippen LogP contribution >= 0.6 is 0 Å². The summed E-state index contributed by atoms with van der Waals surface area (Å²) in [5.74, 6) is -1.19. The second-order valence-electron chi connectivity index (χ2n) is 6.16. The molecule has 0 aromatic carbocycles. The molecule has 0 bridgehead atoms. The van der Waals surface area contributed by atoms with Gasteiger partial charge in [-0.05, 0) is 6.92 Å². The number of carbonyl (C=O) groups is 2. The van der Waals surface area contributed by atoms with Crippen LogP contribution in [0.25, 0.3) is 5.82 Å². The van der Waals surface area contributed by atoms with E-state index in [1.807, 2.05) is 0 Å². The van der Waals surface area contributed by atoms with Gasteiger partial charge in [0, 0.05) is 31.7 Å². The number of hydrogen-bond acceptors (Lipinski definition) is 7. The predicted octanol–water partition coefficient (Wildman–Crippen LogP) is 1.69. The molecule has 0 aliphatic heterocycles. The Morgan fingerprint density at radius 1 is 1.23 bits per heavy atom. The normalized spacial score (nSPS) is 12.5. The topological polar surface area (TPSA) is 117 Å². The number of nitrogens with one attached hydrogen (secondary N) is 1. The fourth-order valence-corrected chi connectivity index (χ4v) is 2.67. The van der Waals surface area contributed by atoms with Gasteiger partial charge in [0.15, 0.2) is 11.5 Å². The van der Waals surface area contributed by atoms with Gasteiger partial charge in [0.05, 0.1) is 24.9 Å². The van der Waals surface area contributed by atoms with Gasteiger partial charge < -0.3 is 10.1 Å². The molecule has 10 nitrogen and oxygen atoms in total. The van der Waals surface area contributed by atoms with Crippen molar-refractivity contribution in [3.05, 3.63) is 53.5 Å². The standard InChI is InChI=1S/C17H16F3N7O3/c1-9(24-15(28)11-6-12(17(18,19)20)26(2)25-11)13-14(22-5-4-21-13)27-8-10(7-23-27)16(29)30-3/h4-9H,1-3H3,(H,24,28). The zero-order valence-corrected chi connectivity index (χ0v) is 16.0. The van der Waals surface area contributed by atoms with Gasteiger partial charge in [0.1, 0.15) is 11.4 Å². The van der Waals surface area contributed by atoms with Crippen LogP contribution in [0.1, 0.15) is 45.2 Å². The zero-order valence-electron chi connectivity index (χ0n) is 16.0. The summed E-state index contributed by atoms with van der Waals surface area (Å²) in [7, 11) is 2.33. The molecule has 1 unspecified atom stereocenters. The molecule has 0 aliphatic carbocycles. The summed E-state index contributed by atoms with van der Waals surface area (Å²) in [6.45, 7) is 1.57. The number of esters is 1. The van der Waals surface area contributed by atoms with Crippen LogP contribution in [0.3, 0.4) is 0 Å². The van der Waals surface area contributed by atoms with E-state index in [0.29, 0.717) is 10.7 Å². The number of nitrogens with zero attached hydrogens (tertiary/aromatic N) is 6. The molecule has 1 N–H and O–H groups in total. The number of halogens is 3. The maximum atomic E-state index is 12.9. The highest BCUT2D eigenvalue weighted by molar-refractivity contribution is 5.92. The zero-order chi connectivity index (χ0) is 22.1. The molecule has 0 aliphatic rings. The molecule has 3 aromatic heterocycles. The first-order valence-corrected chi connectivity index (χ1v) is 8.48. The fraction of sp³-hybridized carbons (Fsp3) is 0.294. The van der Waals surface area contributed by atoms with E-state index in [0.717, 1.165) is 7.05 Å². The van der Waals surface area contributed by atoms with Crippen LogP contribution in [0, 0.1) is 0 Å². The Balaban J connectivity index is 1.85. The lowest BCUT2D eigenvalue weighted by Gasteiger charge is -2.15. The Kier molecular flexibility index (Phi) is 5.54. The van der Waals surface area contributed by atoms with Crippen molar-refractivity contribution in [2.45, 2.75) is 19.1 Å². The number of aromatic nitrogens is 6. The molecular weight excluding hydrogens is 407 g/mol. The van der Waals surface area contributed by atoms with Crippen LogP contribution in [0.15, 0.2) is 30.9 Å². The predicted molar refractivity (Wildman–Crippen MR) is 94.6 cm³/mol. The first-order chi connectivity index (χ1) is 14.1. The summed E-state index contributed by atoms with van der Waals surface area (Å²) < 4.78 is 45.3. The third-order valence-corrected chi connectivity index (χ3v) is 4.09. The second-order valence-corrected chi connectivity index (χ2v) is 6.16. The molecule has 0 saturated heterocycles. The third kappa shape index (κ3) is 4.14. The minimum absolute atomic E-state index is 0.180. The molecular formula is C17H16F3N7O3. The van der Waals surface area contributed by atoms with Crippen LogP contribution in [0.2, 0.25) is 0 Å². The van der Waals surface area contributed by atoms with Gasteiger partial charge in [-0.25, -0.2) is 14.5 Å². The lowest BCUT2D eigenvalue weighted by molar-refractivity contribution is -0.143. The molecule has 0 fully saturated rings. The minimum atomic E-state index is -4.64. The quantitative estimate of drug-likeness (QED) is 0.621. The Bertz CT molecular complexity index is 1090. The number of amides is 1. The first kappa shape index (κ1) is 21.0. The van der Waals surface area contributed by atoms with Crippen LogP contribution < -0.4 is 5.32 Å². The second kappa shape index (κ2) is 7.93. The average Bonchev–Trinajstić information content (AvgIpc) is 3.34. The molecule has 1 amide bonds. The maximum absolute atomic E-state index is 12.9. The number of hydrogen-bond donors (Lipinski definition) is 1. The number of alkyl halides is 3. The Morgan fingerprint density at radius 2 is 1.93 bits per heavy atom. The molecule has 13 heteroatoms. The molecule has 3 heterocycles. The van der Waals surface area contributed by atoms with Gasteiger partial charge in [0.25, 0.3) is 5.91 Å². The van der Waals surface area contributed by atoms with Crippen LogP contribution in [0.5, 0.6) is 0 Å². The van der Waals surface area contributed by atoms with Crippen molar-refractivity contribution >= 4 is 11.9 Å². The summed E-state index contributed by atoms with van der Waals surface area (Å²) in [5, 5.41) is 10.2.